The molecule has 0 aromatic heterocycles. The van der Waals surface area contributed by atoms with Crippen LogP contribution >= 0.6 is 0 Å². The smallest absolute Gasteiger partial charge is 0.323 e. The molecule has 0 saturated heterocycles. The highest BCUT2D eigenvalue weighted by Gasteiger charge is 2.15. The number of rotatable bonds is 6. The van der Waals surface area contributed by atoms with Crippen LogP contribution < -0.4 is 5.73 Å². The molecule has 5 heteroatoms. The summed E-state index contributed by atoms with van der Waals surface area (Å²) in [5, 5.41) is 0. The Labute approximate surface area is 83.9 Å². The number of hydrogen-bond donors (Lipinski definition) is 1. The van der Waals surface area contributed by atoms with Gasteiger partial charge in [0.2, 0.25) is 0 Å². The van der Waals surface area contributed by atoms with Crippen molar-refractivity contribution in [3.63, 3.8) is 0 Å². The summed E-state index contributed by atoms with van der Waals surface area (Å²) in [4.78, 5) is 14.0. The summed E-state index contributed by atoms with van der Waals surface area (Å²) in [6.07, 6.45) is 3.10. The zero-order valence-electron chi connectivity index (χ0n) is 8.64. The van der Waals surface area contributed by atoms with Crippen LogP contribution in [0.4, 0.5) is 0 Å². The van der Waals surface area contributed by atoms with Gasteiger partial charge in [0.1, 0.15) is 6.04 Å². The molecule has 0 aliphatic carbocycles. The van der Waals surface area contributed by atoms with E-state index >= 15 is 0 Å². The molecule has 1 atom stereocenters. The van der Waals surface area contributed by atoms with Crippen molar-refractivity contribution in [1.82, 2.24) is 0 Å². The first kappa shape index (κ1) is 12.8. The van der Waals surface area contributed by atoms with Gasteiger partial charge in [0.15, 0.2) is 0 Å². The second-order valence-corrected chi connectivity index (χ2v) is 3.32. The van der Waals surface area contributed by atoms with Gasteiger partial charge in [0, 0.05) is 6.42 Å². The van der Waals surface area contributed by atoms with Gasteiger partial charge in [-0.05, 0) is 26.7 Å². The van der Waals surface area contributed by atoms with Gasteiger partial charge in [-0.15, -0.1) is 0 Å². The van der Waals surface area contributed by atoms with Crippen molar-refractivity contribution in [3.8, 4) is 0 Å². The first-order chi connectivity index (χ1) is 6.57. The van der Waals surface area contributed by atoms with Crippen LogP contribution in [0, 0.1) is 0 Å². The number of ether oxygens (including phenoxy) is 1. The molecule has 2 N–H and O–H groups in total. The molecule has 0 saturated carbocycles. The fourth-order valence-corrected chi connectivity index (χ4v) is 0.924. The fraction of sp³-hybridized carbons (Fsp3) is 0.778. The first-order valence-electron chi connectivity index (χ1n) is 4.70. The Bertz CT molecular complexity index is 222. The van der Waals surface area contributed by atoms with Gasteiger partial charge in [0.05, 0.1) is 6.10 Å². The zero-order chi connectivity index (χ0) is 11.0. The number of nitrogens with zero attached hydrogens (tertiary/aromatic N) is 2. The van der Waals surface area contributed by atoms with E-state index in [0.717, 1.165) is 0 Å². The zero-order valence-corrected chi connectivity index (χ0v) is 8.64. The Morgan fingerprint density at radius 3 is 2.79 bits per heavy atom. The Hall–Kier alpha value is -1.19. The molecule has 0 unspecified atom stereocenters. The molecule has 0 radical (unpaired) electrons. The number of hydrogen-bond acceptors (Lipinski definition) is 3. The fourth-order valence-electron chi connectivity index (χ4n) is 0.924. The molecule has 0 rings (SSSR count). The predicted octanol–water partition coefficient (Wildman–Crippen LogP) is 0.736. The summed E-state index contributed by atoms with van der Waals surface area (Å²) >= 11 is 0. The third kappa shape index (κ3) is 6.34. The standard InChI is InChI=1S/C9H17N3O2/c1-7(2)14-9(13)8(10)5-3-4-6-12-11/h6-8H,3-5,10H2,1-2H3/t8-/m0/s1. The van der Waals surface area contributed by atoms with E-state index in [9.17, 15) is 4.79 Å². The third-order valence-electron chi connectivity index (χ3n) is 1.58. The molecule has 0 spiro atoms. The van der Waals surface area contributed by atoms with Crippen LogP contribution in [-0.4, -0.2) is 29.1 Å². The molecule has 0 heterocycles. The highest BCUT2D eigenvalue weighted by molar-refractivity contribution is 5.75. The van der Waals surface area contributed by atoms with E-state index in [2.05, 4.69) is 4.79 Å². The van der Waals surface area contributed by atoms with Crippen molar-refractivity contribution in [2.24, 2.45) is 5.73 Å². The average Bonchev–Trinajstić information content (AvgIpc) is 2.11. The van der Waals surface area contributed by atoms with E-state index in [1.807, 2.05) is 0 Å². The Balaban J connectivity index is 3.67. The minimum atomic E-state index is -0.579. The quantitative estimate of drug-likeness (QED) is 0.225. The lowest BCUT2D eigenvalue weighted by atomic mass is 10.1. The van der Waals surface area contributed by atoms with Crippen LogP contribution in [0.1, 0.15) is 33.1 Å². The second-order valence-electron chi connectivity index (χ2n) is 3.32. The first-order valence-corrected chi connectivity index (χ1v) is 4.70. The van der Waals surface area contributed by atoms with Crippen molar-refractivity contribution >= 4 is 12.2 Å². The number of carbonyl (C=O) groups excluding carboxylic acids is 1. The number of unbranched alkanes of at least 4 members (excludes halogenated alkanes) is 1. The lowest BCUT2D eigenvalue weighted by molar-refractivity contribution is -0.149. The Kier molecular flexibility index (Phi) is 6.62. The molecule has 0 aromatic carbocycles. The van der Waals surface area contributed by atoms with E-state index < -0.39 is 6.04 Å². The van der Waals surface area contributed by atoms with E-state index in [1.54, 1.807) is 13.8 Å². The van der Waals surface area contributed by atoms with Crippen LogP contribution in [0.15, 0.2) is 0 Å². The van der Waals surface area contributed by atoms with Gasteiger partial charge in [-0.2, -0.15) is 4.79 Å². The maximum absolute atomic E-state index is 11.2. The van der Waals surface area contributed by atoms with Crippen LogP contribution in [0.3, 0.4) is 0 Å². The number of carbonyl (C=O) groups is 1. The molecular weight excluding hydrogens is 182 g/mol. The van der Waals surface area contributed by atoms with Gasteiger partial charge >= 0.3 is 5.97 Å². The molecule has 80 valence electrons. The summed E-state index contributed by atoms with van der Waals surface area (Å²) in [5.41, 5.74) is 13.7. The summed E-state index contributed by atoms with van der Waals surface area (Å²) in [6, 6.07) is -0.579. The molecule has 0 aliphatic heterocycles. The maximum atomic E-state index is 11.2. The Morgan fingerprint density at radius 2 is 2.29 bits per heavy atom. The molecule has 0 amide bonds. The average molecular weight is 199 g/mol. The molecule has 5 nitrogen and oxygen atoms in total. The monoisotopic (exact) mass is 199 g/mol. The van der Waals surface area contributed by atoms with Gasteiger partial charge in [0.25, 0.3) is 6.21 Å². The van der Waals surface area contributed by atoms with Crippen molar-refractivity contribution < 1.29 is 14.3 Å². The van der Waals surface area contributed by atoms with E-state index in [0.29, 0.717) is 19.3 Å². The molecule has 0 fully saturated rings. The highest BCUT2D eigenvalue weighted by Crippen LogP contribution is 2.01. The maximum Gasteiger partial charge on any atom is 0.323 e. The minimum Gasteiger partial charge on any atom is -0.462 e. The van der Waals surface area contributed by atoms with Crippen molar-refractivity contribution in [3.05, 3.63) is 5.53 Å². The van der Waals surface area contributed by atoms with Crippen molar-refractivity contribution in [1.29, 1.82) is 0 Å². The predicted molar refractivity (Wildman–Crippen MR) is 52.7 cm³/mol. The summed E-state index contributed by atoms with van der Waals surface area (Å²) < 4.78 is 4.92. The highest BCUT2D eigenvalue weighted by atomic mass is 16.5. The molecule has 0 bridgehead atoms. The molecule has 0 aromatic rings. The van der Waals surface area contributed by atoms with Crippen LogP contribution in [-0.2, 0) is 9.53 Å². The largest absolute Gasteiger partial charge is 0.462 e. The minimum absolute atomic E-state index is 0.132. The summed E-state index contributed by atoms with van der Waals surface area (Å²) in [7, 11) is 0. The van der Waals surface area contributed by atoms with E-state index in [1.165, 1.54) is 6.21 Å². The van der Waals surface area contributed by atoms with Crippen molar-refractivity contribution in [2.75, 3.05) is 0 Å². The molecule has 14 heavy (non-hydrogen) atoms. The van der Waals surface area contributed by atoms with E-state index in [-0.39, 0.29) is 12.1 Å². The van der Waals surface area contributed by atoms with Gasteiger partial charge in [-0.25, -0.2) is 0 Å². The number of nitrogens with two attached hydrogens (primary N) is 1. The molecule has 0 aliphatic rings. The lowest BCUT2D eigenvalue weighted by Crippen LogP contribution is -2.33. The summed E-state index contributed by atoms with van der Waals surface area (Å²) in [6.45, 7) is 3.56. The van der Waals surface area contributed by atoms with Gasteiger partial charge in [-0.3, -0.25) is 4.79 Å². The van der Waals surface area contributed by atoms with Crippen LogP contribution in [0.25, 0.3) is 5.53 Å². The topological polar surface area (TPSA) is 88.7 Å². The van der Waals surface area contributed by atoms with Gasteiger partial charge in [-0.1, -0.05) is 0 Å². The normalized spacial score (nSPS) is 12.0. The summed E-state index contributed by atoms with van der Waals surface area (Å²) in [5.74, 6) is -0.374. The Morgan fingerprint density at radius 1 is 1.64 bits per heavy atom. The molecular formula is C9H17N3O2. The van der Waals surface area contributed by atoms with E-state index in [4.69, 9.17) is 16.0 Å². The third-order valence-corrected chi connectivity index (χ3v) is 1.58. The second kappa shape index (κ2) is 7.24. The van der Waals surface area contributed by atoms with Gasteiger partial charge < -0.3 is 16.0 Å². The van der Waals surface area contributed by atoms with Crippen LogP contribution in [0.5, 0.6) is 0 Å². The van der Waals surface area contributed by atoms with Crippen molar-refractivity contribution in [2.45, 2.75) is 45.3 Å². The SMILES string of the molecule is CC(C)OC(=O)[C@@H](N)CCCC=[N+]=[N-]. The van der Waals surface area contributed by atoms with Crippen LogP contribution in [0.2, 0.25) is 0 Å². The number of esters is 1. The lowest BCUT2D eigenvalue weighted by Gasteiger charge is -2.12.